The van der Waals surface area contributed by atoms with Crippen LogP contribution in [0.25, 0.3) is 0 Å². The molecule has 1 aromatic carbocycles. The maximum Gasteiger partial charge on any atom is 1.00 e. The van der Waals surface area contributed by atoms with Crippen LogP contribution in [0, 0.1) is 0 Å². The van der Waals surface area contributed by atoms with Gasteiger partial charge in [0.25, 0.3) is 5.91 Å². The van der Waals surface area contributed by atoms with E-state index < -0.39 is 34.3 Å². The standard InChI is InChI=1S/C15H20N4O5S.Na/c1-17(2)11-5-3-10(4-6-11)9-16-15(21)18-8-7-12-13(18)14(20)19(12)25(22,23)24;/h3-6,12-13H,7-9H2,1-2H3,(H,16,21)(H,22,23,24);/q;+1/p-1/t12-,13+;/m1./s1. The van der Waals surface area contributed by atoms with Gasteiger partial charge in [0.2, 0.25) is 0 Å². The molecule has 2 heterocycles. The van der Waals surface area contributed by atoms with Crippen LogP contribution in [0.1, 0.15) is 12.0 Å². The van der Waals surface area contributed by atoms with Gasteiger partial charge in [-0.25, -0.2) is 17.5 Å². The number of carbonyl (C=O) groups excluding carboxylic acids is 2. The topological polar surface area (TPSA) is 113 Å². The zero-order chi connectivity index (χ0) is 18.4. The van der Waals surface area contributed by atoms with Crippen LogP contribution in [-0.2, 0) is 21.6 Å². The fourth-order valence-corrected chi connectivity index (χ4v) is 4.11. The minimum atomic E-state index is -4.81. The predicted octanol–water partition coefficient (Wildman–Crippen LogP) is -3.29. The number of hydrogen-bond acceptors (Lipinski definition) is 6. The Hall–Kier alpha value is -1.33. The molecule has 3 amide bonds. The van der Waals surface area contributed by atoms with Gasteiger partial charge >= 0.3 is 35.6 Å². The number of β-lactam (4-membered cyclic amide) rings is 1. The zero-order valence-corrected chi connectivity index (χ0v) is 17.7. The average molecular weight is 390 g/mol. The third-order valence-corrected chi connectivity index (χ3v) is 5.47. The molecule has 2 saturated heterocycles. The molecule has 2 fully saturated rings. The van der Waals surface area contributed by atoms with E-state index in [-0.39, 0.29) is 49.1 Å². The third-order valence-electron chi connectivity index (χ3n) is 4.54. The van der Waals surface area contributed by atoms with Gasteiger partial charge in [0.1, 0.15) is 6.04 Å². The summed E-state index contributed by atoms with van der Waals surface area (Å²) in [6.07, 6.45) is 0.281. The Labute approximate surface area is 174 Å². The van der Waals surface area contributed by atoms with Gasteiger partial charge in [0, 0.05) is 32.9 Å². The van der Waals surface area contributed by atoms with Crippen LogP contribution < -0.4 is 39.8 Å². The largest absolute Gasteiger partial charge is 1.00 e. The van der Waals surface area contributed by atoms with Crippen LogP contribution in [0.2, 0.25) is 0 Å². The fourth-order valence-electron chi connectivity index (χ4n) is 3.23. The van der Waals surface area contributed by atoms with Crippen molar-refractivity contribution in [2.24, 2.45) is 0 Å². The first-order chi connectivity index (χ1) is 11.7. The van der Waals surface area contributed by atoms with Crippen LogP contribution in [0.4, 0.5) is 10.5 Å². The maximum absolute atomic E-state index is 12.3. The molecule has 0 radical (unpaired) electrons. The van der Waals surface area contributed by atoms with Gasteiger partial charge in [0.15, 0.2) is 10.3 Å². The first-order valence-corrected chi connectivity index (χ1v) is 9.16. The Morgan fingerprint density at radius 3 is 2.46 bits per heavy atom. The number of amides is 3. The van der Waals surface area contributed by atoms with E-state index in [1.54, 1.807) is 0 Å². The van der Waals surface area contributed by atoms with E-state index in [9.17, 15) is 22.6 Å². The molecule has 0 aromatic heterocycles. The number of benzene rings is 1. The number of nitrogens with zero attached hydrogens (tertiary/aromatic N) is 3. The van der Waals surface area contributed by atoms with Gasteiger partial charge in [-0.3, -0.25) is 4.79 Å². The number of nitrogens with one attached hydrogen (secondary N) is 1. The van der Waals surface area contributed by atoms with Crippen molar-refractivity contribution in [1.82, 2.24) is 14.5 Å². The summed E-state index contributed by atoms with van der Waals surface area (Å²) < 4.78 is 33.5. The molecule has 136 valence electrons. The van der Waals surface area contributed by atoms with Gasteiger partial charge in [-0.15, -0.1) is 0 Å². The molecule has 26 heavy (non-hydrogen) atoms. The molecule has 2 aliphatic heterocycles. The van der Waals surface area contributed by atoms with Gasteiger partial charge in [0.05, 0.1) is 6.04 Å². The Morgan fingerprint density at radius 2 is 1.92 bits per heavy atom. The fraction of sp³-hybridized carbons (Fsp3) is 0.467. The number of likely N-dealkylation sites (tertiary alicyclic amines) is 1. The Kier molecular flexibility index (Phi) is 6.24. The molecule has 1 N–H and O–H groups in total. The van der Waals surface area contributed by atoms with Crippen LogP contribution in [-0.4, -0.2) is 66.8 Å². The SMILES string of the molecule is CN(C)c1ccc(CNC(=O)N2CC[C@@H]3[C@H]2C(=O)N3S(=O)(=O)[O-])cc1.[Na+]. The molecule has 11 heteroatoms. The third kappa shape index (κ3) is 3.84. The van der Waals surface area contributed by atoms with Crippen LogP contribution >= 0.6 is 0 Å². The number of rotatable bonds is 4. The predicted molar refractivity (Wildman–Crippen MR) is 88.4 cm³/mol. The van der Waals surface area contributed by atoms with E-state index >= 15 is 0 Å². The molecule has 0 spiro atoms. The molecular weight excluding hydrogens is 371 g/mol. The van der Waals surface area contributed by atoms with Crippen LogP contribution in [0.5, 0.6) is 0 Å². The minimum Gasteiger partial charge on any atom is -0.731 e. The molecule has 0 saturated carbocycles. The maximum atomic E-state index is 12.3. The summed E-state index contributed by atoms with van der Waals surface area (Å²) in [6.45, 7) is 0.524. The summed E-state index contributed by atoms with van der Waals surface area (Å²) in [4.78, 5) is 27.5. The first kappa shape index (κ1) is 21.0. The number of fused-ring (bicyclic) bond motifs is 1. The van der Waals surface area contributed by atoms with E-state index in [4.69, 9.17) is 0 Å². The molecule has 0 aliphatic carbocycles. The van der Waals surface area contributed by atoms with Gasteiger partial charge in [-0.05, 0) is 24.1 Å². The van der Waals surface area contributed by atoms with Crippen molar-refractivity contribution in [3.63, 3.8) is 0 Å². The molecule has 1 aromatic rings. The van der Waals surface area contributed by atoms with Crippen molar-refractivity contribution in [2.45, 2.75) is 25.0 Å². The molecule has 9 nitrogen and oxygen atoms in total. The number of hydrogen-bond donors (Lipinski definition) is 1. The molecule has 2 atom stereocenters. The summed E-state index contributed by atoms with van der Waals surface area (Å²) >= 11 is 0. The second-order valence-corrected chi connectivity index (χ2v) is 7.55. The van der Waals surface area contributed by atoms with Crippen molar-refractivity contribution < 1.29 is 52.1 Å². The van der Waals surface area contributed by atoms with Gasteiger partial charge in [-0.2, -0.15) is 0 Å². The van der Waals surface area contributed by atoms with Crippen LogP contribution in [0.15, 0.2) is 24.3 Å². The molecule has 0 bridgehead atoms. The summed E-state index contributed by atoms with van der Waals surface area (Å²) in [5.41, 5.74) is 1.94. The molecule has 3 rings (SSSR count). The van der Waals surface area contributed by atoms with E-state index in [0.29, 0.717) is 4.31 Å². The summed E-state index contributed by atoms with van der Waals surface area (Å²) in [5.74, 6) is -0.831. The number of carbonyl (C=O) groups is 2. The summed E-state index contributed by atoms with van der Waals surface area (Å²) in [5, 5.41) is 2.72. The van der Waals surface area contributed by atoms with Gasteiger partial charge < -0.3 is 19.7 Å². The van der Waals surface area contributed by atoms with Crippen molar-refractivity contribution in [3.8, 4) is 0 Å². The van der Waals surface area contributed by atoms with E-state index in [0.717, 1.165) is 11.3 Å². The Morgan fingerprint density at radius 1 is 1.31 bits per heavy atom. The van der Waals surface area contributed by atoms with E-state index in [1.165, 1.54) is 4.90 Å². The normalized spacial score (nSPS) is 21.6. The summed E-state index contributed by atoms with van der Waals surface area (Å²) in [7, 11) is -0.949. The van der Waals surface area contributed by atoms with E-state index in [2.05, 4.69) is 5.32 Å². The minimum absolute atomic E-state index is 0. The second kappa shape index (κ2) is 7.73. The smallest absolute Gasteiger partial charge is 0.731 e. The van der Waals surface area contributed by atoms with Gasteiger partial charge in [-0.1, -0.05) is 12.1 Å². The van der Waals surface area contributed by atoms with E-state index in [1.807, 2.05) is 43.3 Å². The summed E-state index contributed by atoms with van der Waals surface area (Å²) in [6, 6.07) is 5.60. The van der Waals surface area contributed by atoms with Crippen molar-refractivity contribution in [2.75, 3.05) is 25.5 Å². The molecule has 2 aliphatic rings. The first-order valence-electron chi connectivity index (χ1n) is 7.80. The number of anilines is 1. The van der Waals surface area contributed by atoms with Crippen molar-refractivity contribution in [1.29, 1.82) is 0 Å². The zero-order valence-electron chi connectivity index (χ0n) is 14.9. The van der Waals surface area contributed by atoms with Crippen molar-refractivity contribution >= 4 is 27.9 Å². The molecule has 0 unspecified atom stereocenters. The average Bonchev–Trinajstić information content (AvgIpc) is 2.90. The Balaban J connectivity index is 0.00000243. The van der Waals surface area contributed by atoms with Crippen LogP contribution in [0.3, 0.4) is 0 Å². The number of urea groups is 1. The van der Waals surface area contributed by atoms with Crippen molar-refractivity contribution in [3.05, 3.63) is 29.8 Å². The Bertz CT molecular complexity index is 799. The monoisotopic (exact) mass is 390 g/mol. The quantitative estimate of drug-likeness (QED) is 0.328. The second-order valence-electron chi connectivity index (χ2n) is 6.31. The molecular formula is C15H19N4NaO5S.